The average molecular weight is 381 g/mol. The van der Waals surface area contributed by atoms with Crippen molar-refractivity contribution in [2.75, 3.05) is 25.1 Å². The van der Waals surface area contributed by atoms with Gasteiger partial charge >= 0.3 is 0 Å². The van der Waals surface area contributed by atoms with E-state index >= 15 is 0 Å². The van der Waals surface area contributed by atoms with Gasteiger partial charge in [-0.05, 0) is 38.0 Å². The van der Waals surface area contributed by atoms with Crippen molar-refractivity contribution in [1.29, 1.82) is 0 Å². The van der Waals surface area contributed by atoms with Gasteiger partial charge in [0.15, 0.2) is 0 Å². The van der Waals surface area contributed by atoms with Crippen molar-refractivity contribution < 1.29 is 14.6 Å². The summed E-state index contributed by atoms with van der Waals surface area (Å²) >= 11 is 0. The molecule has 1 saturated carbocycles. The molecule has 1 aliphatic carbocycles. The second-order valence-electron chi connectivity index (χ2n) is 7.84. The standard InChI is InChI=1S/C20H23N5O3/c1-20(5-6-20)28-12-3-4-14-13(7-12)19(24-23-14)15-8-18(22-11-21-15)25-9-16(26)17(10-25)27-2/h3-4,7-8,11,16-17,26H,5-6,9-10H2,1-2H3,(H,23,24)/t16-,17-/m0/s1. The van der Waals surface area contributed by atoms with Gasteiger partial charge in [-0.1, -0.05) is 0 Å². The number of fused-ring (bicyclic) bond motifs is 1. The third-order valence-corrected chi connectivity index (χ3v) is 5.61. The van der Waals surface area contributed by atoms with Gasteiger partial charge < -0.3 is 19.5 Å². The van der Waals surface area contributed by atoms with Crippen LogP contribution in [0.3, 0.4) is 0 Å². The van der Waals surface area contributed by atoms with Crippen LogP contribution in [-0.4, -0.2) is 63.3 Å². The highest BCUT2D eigenvalue weighted by atomic mass is 16.5. The third-order valence-electron chi connectivity index (χ3n) is 5.61. The topological polar surface area (TPSA) is 96.4 Å². The highest BCUT2D eigenvalue weighted by molar-refractivity contribution is 5.93. The minimum atomic E-state index is -0.530. The molecule has 0 bridgehead atoms. The van der Waals surface area contributed by atoms with E-state index in [2.05, 4.69) is 27.1 Å². The molecule has 2 N–H and O–H groups in total. The van der Waals surface area contributed by atoms with E-state index < -0.39 is 6.10 Å². The Hall–Kier alpha value is -2.71. The molecule has 8 heteroatoms. The molecule has 28 heavy (non-hydrogen) atoms. The Balaban J connectivity index is 1.47. The van der Waals surface area contributed by atoms with E-state index in [9.17, 15) is 5.11 Å². The summed E-state index contributed by atoms with van der Waals surface area (Å²) in [5, 5.41) is 18.6. The lowest BCUT2D eigenvalue weighted by Gasteiger charge is -2.16. The molecule has 1 saturated heterocycles. The number of aliphatic hydroxyl groups is 1. The maximum Gasteiger partial charge on any atom is 0.132 e. The Morgan fingerprint density at radius 3 is 2.82 bits per heavy atom. The van der Waals surface area contributed by atoms with Gasteiger partial charge in [0.25, 0.3) is 0 Å². The first-order valence-corrected chi connectivity index (χ1v) is 9.50. The van der Waals surface area contributed by atoms with E-state index in [0.29, 0.717) is 13.1 Å². The second kappa shape index (κ2) is 6.42. The maximum absolute atomic E-state index is 10.1. The van der Waals surface area contributed by atoms with Crippen molar-refractivity contribution in [3.8, 4) is 17.1 Å². The molecular weight excluding hydrogens is 358 g/mol. The summed E-state index contributed by atoms with van der Waals surface area (Å²) in [5.41, 5.74) is 2.38. The molecule has 2 fully saturated rings. The molecule has 1 aromatic carbocycles. The molecular formula is C20H23N5O3. The normalized spacial score (nSPS) is 23.3. The predicted octanol–water partition coefficient (Wildman–Crippen LogP) is 2.15. The van der Waals surface area contributed by atoms with Crippen LogP contribution in [0.2, 0.25) is 0 Å². The zero-order chi connectivity index (χ0) is 19.3. The van der Waals surface area contributed by atoms with Crippen molar-refractivity contribution in [1.82, 2.24) is 20.2 Å². The van der Waals surface area contributed by atoms with Crippen LogP contribution in [-0.2, 0) is 4.74 Å². The number of ether oxygens (including phenoxy) is 2. The molecule has 2 aromatic heterocycles. The largest absolute Gasteiger partial charge is 0.488 e. The van der Waals surface area contributed by atoms with Gasteiger partial charge in [-0.3, -0.25) is 5.10 Å². The fraction of sp³-hybridized carbons (Fsp3) is 0.450. The number of hydrogen-bond acceptors (Lipinski definition) is 7. The molecule has 3 aromatic rings. The highest BCUT2D eigenvalue weighted by Crippen LogP contribution is 2.40. The summed E-state index contributed by atoms with van der Waals surface area (Å²) < 4.78 is 11.4. The second-order valence-corrected chi connectivity index (χ2v) is 7.84. The van der Waals surface area contributed by atoms with Gasteiger partial charge in [-0.15, -0.1) is 0 Å². The first-order valence-electron chi connectivity index (χ1n) is 9.50. The number of methoxy groups -OCH3 is 1. The molecule has 0 radical (unpaired) electrons. The molecule has 3 heterocycles. The number of aromatic amines is 1. The van der Waals surface area contributed by atoms with E-state index in [1.807, 2.05) is 29.2 Å². The van der Waals surface area contributed by atoms with E-state index in [4.69, 9.17) is 9.47 Å². The molecule has 0 unspecified atom stereocenters. The molecule has 2 atom stereocenters. The van der Waals surface area contributed by atoms with Gasteiger partial charge in [-0.25, -0.2) is 9.97 Å². The van der Waals surface area contributed by atoms with E-state index in [1.54, 1.807) is 7.11 Å². The van der Waals surface area contributed by atoms with E-state index in [1.165, 1.54) is 6.33 Å². The summed E-state index contributed by atoms with van der Waals surface area (Å²) in [6.07, 6.45) is 2.96. The van der Waals surface area contributed by atoms with Crippen molar-refractivity contribution in [2.24, 2.45) is 0 Å². The summed E-state index contributed by atoms with van der Waals surface area (Å²) in [4.78, 5) is 10.8. The molecule has 0 spiro atoms. The fourth-order valence-electron chi connectivity index (χ4n) is 3.64. The van der Waals surface area contributed by atoms with Crippen LogP contribution in [0.1, 0.15) is 19.8 Å². The van der Waals surface area contributed by atoms with Crippen LogP contribution < -0.4 is 9.64 Å². The SMILES string of the molecule is CO[C@H]1CN(c2cc(-c3n[nH]c4ccc(OC5(C)CC5)cc34)ncn2)C[C@@H]1O. The molecule has 0 amide bonds. The lowest BCUT2D eigenvalue weighted by Crippen LogP contribution is -2.25. The van der Waals surface area contributed by atoms with Gasteiger partial charge in [0.2, 0.25) is 0 Å². The monoisotopic (exact) mass is 381 g/mol. The van der Waals surface area contributed by atoms with Crippen molar-refractivity contribution in [3.63, 3.8) is 0 Å². The number of aromatic nitrogens is 4. The van der Waals surface area contributed by atoms with Crippen LogP contribution in [0, 0.1) is 0 Å². The first kappa shape index (κ1) is 17.4. The van der Waals surface area contributed by atoms with E-state index in [-0.39, 0.29) is 11.7 Å². The van der Waals surface area contributed by atoms with Gasteiger partial charge in [-0.2, -0.15) is 5.10 Å². The Morgan fingerprint density at radius 1 is 1.21 bits per heavy atom. The Morgan fingerprint density at radius 2 is 2.07 bits per heavy atom. The number of nitrogens with one attached hydrogen (secondary N) is 1. The first-order chi connectivity index (χ1) is 13.5. The Bertz CT molecular complexity index is 1020. The minimum Gasteiger partial charge on any atom is -0.488 e. The number of aliphatic hydroxyl groups excluding tert-OH is 1. The lowest BCUT2D eigenvalue weighted by atomic mass is 10.1. The highest BCUT2D eigenvalue weighted by Gasteiger charge is 2.40. The number of hydrogen-bond donors (Lipinski definition) is 2. The predicted molar refractivity (Wildman–Crippen MR) is 104 cm³/mol. The Labute approximate surface area is 162 Å². The van der Waals surface area contributed by atoms with Crippen LogP contribution in [0.25, 0.3) is 22.3 Å². The number of nitrogens with zero attached hydrogens (tertiary/aromatic N) is 4. The molecule has 5 rings (SSSR count). The van der Waals surface area contributed by atoms with Crippen LogP contribution in [0.4, 0.5) is 5.82 Å². The van der Waals surface area contributed by atoms with Crippen molar-refractivity contribution in [2.45, 2.75) is 37.6 Å². The number of rotatable bonds is 5. The minimum absolute atomic E-state index is 0.0336. The smallest absolute Gasteiger partial charge is 0.132 e. The van der Waals surface area contributed by atoms with Gasteiger partial charge in [0.05, 0.1) is 17.3 Å². The summed E-state index contributed by atoms with van der Waals surface area (Å²) in [6, 6.07) is 7.86. The van der Waals surface area contributed by atoms with Crippen LogP contribution >= 0.6 is 0 Å². The third kappa shape index (κ3) is 3.08. The quantitative estimate of drug-likeness (QED) is 0.699. The zero-order valence-corrected chi connectivity index (χ0v) is 15.9. The fourth-order valence-corrected chi connectivity index (χ4v) is 3.64. The van der Waals surface area contributed by atoms with Crippen molar-refractivity contribution in [3.05, 3.63) is 30.6 Å². The molecule has 146 valence electrons. The molecule has 1 aliphatic heterocycles. The average Bonchev–Trinajstić information content (AvgIpc) is 3.12. The van der Waals surface area contributed by atoms with Crippen molar-refractivity contribution >= 4 is 16.7 Å². The number of anilines is 1. The van der Waals surface area contributed by atoms with Gasteiger partial charge in [0.1, 0.15) is 35.3 Å². The van der Waals surface area contributed by atoms with E-state index in [0.717, 1.165) is 46.7 Å². The zero-order valence-electron chi connectivity index (χ0n) is 15.9. The summed E-state index contributed by atoms with van der Waals surface area (Å²) in [6.45, 7) is 3.20. The Kier molecular flexibility index (Phi) is 3.99. The maximum atomic E-state index is 10.1. The van der Waals surface area contributed by atoms with Gasteiger partial charge in [0, 0.05) is 31.7 Å². The summed E-state index contributed by atoms with van der Waals surface area (Å²) in [7, 11) is 1.61. The van der Waals surface area contributed by atoms with Crippen LogP contribution in [0.5, 0.6) is 5.75 Å². The number of H-pyrrole nitrogens is 1. The molecule has 8 nitrogen and oxygen atoms in total. The molecule has 2 aliphatic rings. The lowest BCUT2D eigenvalue weighted by molar-refractivity contribution is 0.0217. The van der Waals surface area contributed by atoms with Crippen LogP contribution in [0.15, 0.2) is 30.6 Å². The number of β-amino-alcohol motifs (C(OH)–C–C–N with tert-alkyl or cyclic N) is 1. The summed E-state index contributed by atoms with van der Waals surface area (Å²) in [5.74, 6) is 1.59. The number of benzene rings is 1.